The fraction of sp³-hybridized carbons (Fsp3) is 0.480. The zero-order valence-electron chi connectivity index (χ0n) is 21.3. The summed E-state index contributed by atoms with van der Waals surface area (Å²) in [5.74, 6) is 0.249. The summed E-state index contributed by atoms with van der Waals surface area (Å²) in [6.07, 6.45) is 1.93. The average Bonchev–Trinajstić information content (AvgIpc) is 3.20. The van der Waals surface area contributed by atoms with Crippen LogP contribution in [0.2, 0.25) is 0 Å². The largest absolute Gasteiger partial charge is 0.497 e. The number of amides is 1. The number of unbranched alkanes of at least 4 members (excludes halogenated alkanes) is 1. The Labute approximate surface area is 208 Å². The number of benzene rings is 1. The Hall–Kier alpha value is -3.89. The van der Waals surface area contributed by atoms with Gasteiger partial charge in [0.05, 0.1) is 25.5 Å². The molecule has 0 aliphatic rings. The molecule has 0 aliphatic carbocycles. The van der Waals surface area contributed by atoms with Gasteiger partial charge in [0.25, 0.3) is 5.56 Å². The Morgan fingerprint density at radius 3 is 2.56 bits per heavy atom. The van der Waals surface area contributed by atoms with Crippen LogP contribution in [-0.2, 0) is 29.0 Å². The van der Waals surface area contributed by atoms with Crippen LogP contribution in [0.1, 0.15) is 56.2 Å². The number of hydrogen-bond donors (Lipinski definition) is 2. The summed E-state index contributed by atoms with van der Waals surface area (Å²) in [6, 6.07) is 4.69. The van der Waals surface area contributed by atoms with E-state index in [2.05, 4.69) is 15.3 Å². The molecule has 0 unspecified atom stereocenters. The van der Waals surface area contributed by atoms with E-state index in [-0.39, 0.29) is 30.2 Å². The first-order valence-corrected chi connectivity index (χ1v) is 12.0. The van der Waals surface area contributed by atoms with Crippen molar-refractivity contribution in [2.24, 2.45) is 5.92 Å². The van der Waals surface area contributed by atoms with E-state index < -0.39 is 17.2 Å². The Kier molecular flexibility index (Phi) is 8.68. The molecule has 0 fully saturated rings. The van der Waals surface area contributed by atoms with E-state index in [9.17, 15) is 19.2 Å². The zero-order valence-corrected chi connectivity index (χ0v) is 21.3. The van der Waals surface area contributed by atoms with Crippen LogP contribution in [0.25, 0.3) is 11.2 Å². The van der Waals surface area contributed by atoms with Crippen LogP contribution in [0.5, 0.6) is 5.75 Å². The van der Waals surface area contributed by atoms with Gasteiger partial charge >= 0.3 is 11.7 Å². The van der Waals surface area contributed by atoms with Crippen molar-refractivity contribution in [1.82, 2.24) is 19.1 Å². The van der Waals surface area contributed by atoms with E-state index in [0.717, 1.165) is 12.8 Å². The number of ether oxygens (including phenoxy) is 2. The van der Waals surface area contributed by atoms with Gasteiger partial charge in [0.2, 0.25) is 5.91 Å². The van der Waals surface area contributed by atoms with Gasteiger partial charge in [-0.25, -0.2) is 14.6 Å². The second-order valence-electron chi connectivity index (χ2n) is 8.92. The second kappa shape index (κ2) is 11.7. The highest BCUT2D eigenvalue weighted by molar-refractivity contribution is 6.01. The van der Waals surface area contributed by atoms with E-state index in [1.165, 1.54) is 24.9 Å². The molecule has 3 rings (SSSR count). The predicted molar refractivity (Wildman–Crippen MR) is 136 cm³/mol. The molecule has 11 heteroatoms. The first-order chi connectivity index (χ1) is 17.2. The molecule has 3 aromatic rings. The third-order valence-corrected chi connectivity index (χ3v) is 5.73. The SMILES string of the molecule is CCCCn1c(=O)[nH]c(=O)c2c1nc(CCC(=O)Nc1ccc(OC)cc1C(=O)OC)n2CC(C)C. The number of imidazole rings is 1. The number of aromatic nitrogens is 4. The lowest BCUT2D eigenvalue weighted by molar-refractivity contribution is -0.116. The van der Waals surface area contributed by atoms with Gasteiger partial charge in [-0.1, -0.05) is 27.2 Å². The van der Waals surface area contributed by atoms with Gasteiger partial charge in [-0.2, -0.15) is 0 Å². The van der Waals surface area contributed by atoms with Gasteiger partial charge in [0.15, 0.2) is 11.2 Å². The number of fused-ring (bicyclic) bond motifs is 1. The number of rotatable bonds is 11. The Morgan fingerprint density at radius 2 is 1.92 bits per heavy atom. The number of anilines is 1. The summed E-state index contributed by atoms with van der Waals surface area (Å²) in [5, 5.41) is 2.75. The third-order valence-electron chi connectivity index (χ3n) is 5.73. The van der Waals surface area contributed by atoms with Crippen molar-refractivity contribution in [2.75, 3.05) is 19.5 Å². The van der Waals surface area contributed by atoms with Crippen molar-refractivity contribution < 1.29 is 19.1 Å². The molecule has 0 spiro atoms. The van der Waals surface area contributed by atoms with Crippen LogP contribution >= 0.6 is 0 Å². The van der Waals surface area contributed by atoms with E-state index in [4.69, 9.17) is 9.47 Å². The van der Waals surface area contributed by atoms with Crippen molar-refractivity contribution >= 4 is 28.7 Å². The number of carbonyl (C=O) groups is 2. The second-order valence-corrected chi connectivity index (χ2v) is 8.92. The maximum absolute atomic E-state index is 12.8. The van der Waals surface area contributed by atoms with Crippen LogP contribution in [0.15, 0.2) is 27.8 Å². The van der Waals surface area contributed by atoms with Crippen LogP contribution in [0, 0.1) is 5.92 Å². The van der Waals surface area contributed by atoms with E-state index in [0.29, 0.717) is 41.5 Å². The maximum atomic E-state index is 12.8. The minimum atomic E-state index is -0.604. The predicted octanol–water partition coefficient (Wildman–Crippen LogP) is 2.71. The van der Waals surface area contributed by atoms with Crippen molar-refractivity contribution in [2.45, 2.75) is 59.5 Å². The van der Waals surface area contributed by atoms with Gasteiger partial charge in [0.1, 0.15) is 11.6 Å². The zero-order chi connectivity index (χ0) is 26.4. The lowest BCUT2D eigenvalue weighted by Gasteiger charge is -2.13. The van der Waals surface area contributed by atoms with Crippen LogP contribution in [0.4, 0.5) is 5.69 Å². The van der Waals surface area contributed by atoms with Crippen molar-refractivity contribution in [1.29, 1.82) is 0 Å². The molecule has 36 heavy (non-hydrogen) atoms. The van der Waals surface area contributed by atoms with Crippen molar-refractivity contribution in [3.05, 3.63) is 50.4 Å². The molecule has 2 N–H and O–H groups in total. The number of esters is 1. The minimum absolute atomic E-state index is 0.0468. The van der Waals surface area contributed by atoms with Gasteiger partial charge in [-0.05, 0) is 30.5 Å². The van der Waals surface area contributed by atoms with Crippen LogP contribution in [0.3, 0.4) is 0 Å². The number of H-pyrrole nitrogens is 1. The molecule has 0 saturated heterocycles. The summed E-state index contributed by atoms with van der Waals surface area (Å²) in [4.78, 5) is 57.3. The lowest BCUT2D eigenvalue weighted by atomic mass is 10.1. The highest BCUT2D eigenvalue weighted by Crippen LogP contribution is 2.23. The number of aryl methyl sites for hydroxylation is 2. The fourth-order valence-electron chi connectivity index (χ4n) is 3.97. The molecule has 0 atom stereocenters. The van der Waals surface area contributed by atoms with Crippen molar-refractivity contribution in [3.63, 3.8) is 0 Å². The first kappa shape index (κ1) is 26.7. The molecule has 194 valence electrons. The molecule has 0 saturated carbocycles. The topological polar surface area (TPSA) is 137 Å². The molecule has 2 heterocycles. The summed E-state index contributed by atoms with van der Waals surface area (Å²) in [7, 11) is 2.74. The molecular formula is C25H33N5O6. The number of methoxy groups -OCH3 is 2. The highest BCUT2D eigenvalue weighted by atomic mass is 16.5. The molecule has 0 bridgehead atoms. The average molecular weight is 500 g/mol. The molecule has 1 aromatic carbocycles. The van der Waals surface area contributed by atoms with Crippen LogP contribution in [-0.4, -0.2) is 45.2 Å². The Morgan fingerprint density at radius 1 is 1.17 bits per heavy atom. The molecule has 0 radical (unpaired) electrons. The Balaban J connectivity index is 1.92. The normalized spacial score (nSPS) is 11.2. The third kappa shape index (κ3) is 5.84. The highest BCUT2D eigenvalue weighted by Gasteiger charge is 2.21. The summed E-state index contributed by atoms with van der Waals surface area (Å²) >= 11 is 0. The standard InChI is InChI=1S/C25H33N5O6/c1-6-7-12-29-22-21(23(32)28-25(29)34)30(14-15(2)3)19(27-22)10-11-20(31)26-18-9-8-16(35-4)13-17(18)24(33)36-5/h8-9,13,15H,6-7,10-12,14H2,1-5H3,(H,26,31)(H,28,32,34). The number of nitrogens with zero attached hydrogens (tertiary/aromatic N) is 3. The lowest BCUT2D eigenvalue weighted by Crippen LogP contribution is -2.31. The van der Waals surface area contributed by atoms with Gasteiger partial charge in [-0.15, -0.1) is 0 Å². The molecular weight excluding hydrogens is 466 g/mol. The fourth-order valence-corrected chi connectivity index (χ4v) is 3.97. The summed E-state index contributed by atoms with van der Waals surface area (Å²) in [6.45, 7) is 7.00. The molecule has 2 aromatic heterocycles. The van der Waals surface area contributed by atoms with Gasteiger partial charge in [0, 0.05) is 25.9 Å². The molecule has 0 aliphatic heterocycles. The minimum Gasteiger partial charge on any atom is -0.497 e. The first-order valence-electron chi connectivity index (χ1n) is 12.0. The van der Waals surface area contributed by atoms with Crippen molar-refractivity contribution in [3.8, 4) is 5.75 Å². The molecule has 1 amide bonds. The van der Waals surface area contributed by atoms with E-state index in [1.54, 1.807) is 16.7 Å². The number of aromatic amines is 1. The summed E-state index contributed by atoms with van der Waals surface area (Å²) in [5.41, 5.74) is 0.146. The number of carbonyl (C=O) groups excluding carboxylic acids is 2. The summed E-state index contributed by atoms with van der Waals surface area (Å²) < 4.78 is 13.3. The number of hydrogen-bond acceptors (Lipinski definition) is 7. The maximum Gasteiger partial charge on any atom is 0.340 e. The monoisotopic (exact) mass is 499 g/mol. The van der Waals surface area contributed by atoms with Gasteiger partial charge in [-0.3, -0.25) is 19.1 Å². The van der Waals surface area contributed by atoms with E-state index in [1.807, 2.05) is 20.8 Å². The van der Waals surface area contributed by atoms with Gasteiger partial charge < -0.3 is 19.4 Å². The molecule has 11 nitrogen and oxygen atoms in total. The smallest absolute Gasteiger partial charge is 0.340 e. The quantitative estimate of drug-likeness (QED) is 0.387. The van der Waals surface area contributed by atoms with Crippen LogP contribution < -0.4 is 21.3 Å². The Bertz CT molecular complexity index is 1370. The van der Waals surface area contributed by atoms with E-state index >= 15 is 0 Å². The number of nitrogens with one attached hydrogen (secondary N) is 2.